The molecule has 1 unspecified atom stereocenters. The maximum atomic E-state index is 11.9. The van der Waals surface area contributed by atoms with E-state index in [0.29, 0.717) is 13.2 Å². The number of methoxy groups -OCH3 is 1. The third-order valence-electron chi connectivity index (χ3n) is 2.67. The molecule has 0 saturated heterocycles. The van der Waals surface area contributed by atoms with Gasteiger partial charge in [0.1, 0.15) is 0 Å². The van der Waals surface area contributed by atoms with Gasteiger partial charge in [-0.3, -0.25) is 4.79 Å². The van der Waals surface area contributed by atoms with Gasteiger partial charge in [-0.1, -0.05) is 6.07 Å². The number of anilines is 1. The van der Waals surface area contributed by atoms with Gasteiger partial charge in [-0.2, -0.15) is 0 Å². The molecule has 0 aliphatic heterocycles. The molecule has 0 aliphatic rings. The number of nitrogen functional groups attached to an aromatic ring is 1. The van der Waals surface area contributed by atoms with E-state index in [1.165, 1.54) is 11.8 Å². The maximum Gasteiger partial charge on any atom is 0.233 e. The van der Waals surface area contributed by atoms with Gasteiger partial charge in [0.2, 0.25) is 5.91 Å². The first-order chi connectivity index (χ1) is 9.04. The van der Waals surface area contributed by atoms with Crippen LogP contribution >= 0.6 is 11.8 Å². The molecule has 0 spiro atoms. The Balaban J connectivity index is 2.47. The van der Waals surface area contributed by atoms with E-state index in [4.69, 9.17) is 10.5 Å². The molecule has 0 heterocycles. The molecular formula is C14H22N2O2S. The fraction of sp³-hybridized carbons (Fsp3) is 0.500. The van der Waals surface area contributed by atoms with E-state index < -0.39 is 0 Å². The number of hydrogen-bond donors (Lipinski definition) is 2. The highest BCUT2D eigenvalue weighted by atomic mass is 32.2. The van der Waals surface area contributed by atoms with Crippen LogP contribution < -0.4 is 11.1 Å². The van der Waals surface area contributed by atoms with Gasteiger partial charge < -0.3 is 15.8 Å². The largest absolute Gasteiger partial charge is 0.398 e. The van der Waals surface area contributed by atoms with Crippen molar-refractivity contribution in [3.05, 3.63) is 23.8 Å². The number of nitrogens with two attached hydrogens (primary N) is 1. The first-order valence-corrected chi connectivity index (χ1v) is 7.22. The van der Waals surface area contributed by atoms with Crippen molar-refractivity contribution >= 4 is 23.4 Å². The van der Waals surface area contributed by atoms with Gasteiger partial charge in [0.25, 0.3) is 0 Å². The zero-order valence-corrected chi connectivity index (χ0v) is 12.5. The topological polar surface area (TPSA) is 64.3 Å². The molecule has 0 saturated carbocycles. The van der Waals surface area contributed by atoms with Crippen molar-refractivity contribution in [1.29, 1.82) is 0 Å². The highest BCUT2D eigenvalue weighted by Gasteiger charge is 2.15. The van der Waals surface area contributed by atoms with Crippen LogP contribution in [0.4, 0.5) is 5.69 Å². The van der Waals surface area contributed by atoms with E-state index >= 15 is 0 Å². The summed E-state index contributed by atoms with van der Waals surface area (Å²) >= 11 is 1.49. The van der Waals surface area contributed by atoms with Crippen molar-refractivity contribution < 1.29 is 9.53 Å². The summed E-state index contributed by atoms with van der Waals surface area (Å²) in [6, 6.07) is 5.85. The van der Waals surface area contributed by atoms with Gasteiger partial charge in [-0.25, -0.2) is 0 Å². The van der Waals surface area contributed by atoms with Crippen LogP contribution in [0.3, 0.4) is 0 Å². The van der Waals surface area contributed by atoms with Crippen molar-refractivity contribution in [1.82, 2.24) is 5.32 Å². The van der Waals surface area contributed by atoms with E-state index in [-0.39, 0.29) is 11.2 Å². The Labute approximate surface area is 119 Å². The second-order valence-electron chi connectivity index (χ2n) is 4.44. The minimum absolute atomic E-state index is 0.0296. The Morgan fingerprint density at radius 2 is 2.26 bits per heavy atom. The zero-order chi connectivity index (χ0) is 14.3. The van der Waals surface area contributed by atoms with Crippen molar-refractivity contribution in [3.8, 4) is 0 Å². The number of nitrogens with one attached hydrogen (secondary N) is 1. The molecule has 1 rings (SSSR count). The summed E-state index contributed by atoms with van der Waals surface area (Å²) in [4.78, 5) is 12.9. The van der Waals surface area contributed by atoms with Crippen molar-refractivity contribution in [2.24, 2.45) is 0 Å². The average molecular weight is 282 g/mol. The van der Waals surface area contributed by atoms with Crippen LogP contribution in [-0.4, -0.2) is 31.4 Å². The molecule has 0 bridgehead atoms. The van der Waals surface area contributed by atoms with Crippen LogP contribution in [0.2, 0.25) is 0 Å². The molecule has 19 heavy (non-hydrogen) atoms. The molecule has 0 aliphatic carbocycles. The predicted molar refractivity (Wildman–Crippen MR) is 80.4 cm³/mol. The monoisotopic (exact) mass is 282 g/mol. The second kappa shape index (κ2) is 8.07. The van der Waals surface area contributed by atoms with Gasteiger partial charge in [0, 0.05) is 30.8 Å². The number of benzene rings is 1. The highest BCUT2D eigenvalue weighted by molar-refractivity contribution is 8.00. The van der Waals surface area contributed by atoms with E-state index in [0.717, 1.165) is 22.6 Å². The first kappa shape index (κ1) is 15.9. The Kier molecular flexibility index (Phi) is 6.73. The minimum Gasteiger partial charge on any atom is -0.398 e. The number of amides is 1. The second-order valence-corrected chi connectivity index (χ2v) is 5.82. The quantitative estimate of drug-likeness (QED) is 0.457. The molecule has 4 nitrogen and oxygen atoms in total. The number of rotatable bonds is 7. The molecule has 1 amide bonds. The number of carbonyl (C=O) groups excluding carboxylic acids is 1. The van der Waals surface area contributed by atoms with E-state index in [1.807, 2.05) is 32.0 Å². The zero-order valence-electron chi connectivity index (χ0n) is 11.7. The summed E-state index contributed by atoms with van der Waals surface area (Å²) in [5.74, 6) is 0.0296. The number of aryl methyl sites for hydroxylation is 1. The molecule has 1 atom stereocenters. The van der Waals surface area contributed by atoms with Gasteiger partial charge in [0.15, 0.2) is 0 Å². The summed E-state index contributed by atoms with van der Waals surface area (Å²) in [5, 5.41) is 2.73. The third kappa shape index (κ3) is 5.53. The average Bonchev–Trinajstić information content (AvgIpc) is 2.38. The Hall–Kier alpha value is -1.20. The number of carbonyl (C=O) groups is 1. The lowest BCUT2D eigenvalue weighted by Gasteiger charge is -2.13. The highest BCUT2D eigenvalue weighted by Crippen LogP contribution is 2.29. The predicted octanol–water partition coefficient (Wildman–Crippen LogP) is 2.21. The Bertz CT molecular complexity index is 424. The summed E-state index contributed by atoms with van der Waals surface area (Å²) < 4.78 is 4.94. The van der Waals surface area contributed by atoms with Crippen LogP contribution in [0.5, 0.6) is 0 Å². The van der Waals surface area contributed by atoms with Crippen LogP contribution in [0.15, 0.2) is 23.1 Å². The first-order valence-electron chi connectivity index (χ1n) is 6.34. The number of thioether (sulfide) groups is 1. The molecule has 1 aromatic carbocycles. The van der Waals surface area contributed by atoms with Crippen LogP contribution in [0.1, 0.15) is 18.9 Å². The lowest BCUT2D eigenvalue weighted by molar-refractivity contribution is -0.120. The molecule has 0 aromatic heterocycles. The van der Waals surface area contributed by atoms with Gasteiger partial charge in [0.05, 0.1) is 5.25 Å². The molecule has 5 heteroatoms. The molecule has 3 N–H and O–H groups in total. The molecule has 106 valence electrons. The lowest BCUT2D eigenvalue weighted by Crippen LogP contribution is -2.32. The fourth-order valence-electron chi connectivity index (χ4n) is 1.56. The molecule has 0 radical (unpaired) electrons. The third-order valence-corrected chi connectivity index (χ3v) is 3.84. The summed E-state index contributed by atoms with van der Waals surface area (Å²) in [6.45, 7) is 5.20. The van der Waals surface area contributed by atoms with E-state index in [9.17, 15) is 4.79 Å². The number of hydrogen-bond acceptors (Lipinski definition) is 4. The van der Waals surface area contributed by atoms with Crippen LogP contribution in [0, 0.1) is 6.92 Å². The van der Waals surface area contributed by atoms with Gasteiger partial charge >= 0.3 is 0 Å². The summed E-state index contributed by atoms with van der Waals surface area (Å²) in [7, 11) is 1.65. The van der Waals surface area contributed by atoms with Crippen LogP contribution in [0.25, 0.3) is 0 Å². The van der Waals surface area contributed by atoms with E-state index in [2.05, 4.69) is 5.32 Å². The van der Waals surface area contributed by atoms with Crippen molar-refractivity contribution in [2.75, 3.05) is 26.0 Å². The molecule has 1 aromatic rings. The molecular weight excluding hydrogens is 260 g/mol. The maximum absolute atomic E-state index is 11.9. The Morgan fingerprint density at radius 3 is 2.95 bits per heavy atom. The smallest absolute Gasteiger partial charge is 0.233 e. The van der Waals surface area contributed by atoms with Gasteiger partial charge in [-0.15, -0.1) is 11.8 Å². The Morgan fingerprint density at radius 1 is 1.53 bits per heavy atom. The van der Waals surface area contributed by atoms with E-state index in [1.54, 1.807) is 7.11 Å². The summed E-state index contributed by atoms with van der Waals surface area (Å²) in [5.41, 5.74) is 7.77. The molecule has 0 fully saturated rings. The van der Waals surface area contributed by atoms with Gasteiger partial charge in [-0.05, 0) is 38.0 Å². The standard InChI is InChI=1S/C14H22N2O2S/c1-10-5-6-12(15)13(9-10)19-11(2)14(17)16-7-4-8-18-3/h5-6,9,11H,4,7-8,15H2,1-3H3,(H,16,17). The van der Waals surface area contributed by atoms with Crippen molar-refractivity contribution in [3.63, 3.8) is 0 Å². The van der Waals surface area contributed by atoms with Crippen molar-refractivity contribution in [2.45, 2.75) is 30.4 Å². The number of ether oxygens (including phenoxy) is 1. The van der Waals surface area contributed by atoms with Crippen LogP contribution in [-0.2, 0) is 9.53 Å². The minimum atomic E-state index is -0.161. The lowest BCUT2D eigenvalue weighted by atomic mass is 10.2. The normalized spacial score (nSPS) is 12.2. The fourth-order valence-corrected chi connectivity index (χ4v) is 2.59. The summed E-state index contributed by atoms with van der Waals surface area (Å²) in [6.07, 6.45) is 0.826. The SMILES string of the molecule is COCCCNC(=O)C(C)Sc1cc(C)ccc1N.